The molecule has 4 heteroatoms. The Morgan fingerprint density at radius 3 is 2.57 bits per heavy atom. The van der Waals surface area contributed by atoms with E-state index in [1.54, 1.807) is 0 Å². The molecule has 1 N–H and O–H groups in total. The highest BCUT2D eigenvalue weighted by Gasteiger charge is 2.44. The van der Waals surface area contributed by atoms with Gasteiger partial charge in [0.2, 0.25) is 0 Å². The van der Waals surface area contributed by atoms with Gasteiger partial charge in [-0.1, -0.05) is 44.2 Å². The molecule has 0 saturated heterocycles. The number of methoxy groups -OCH3 is 1. The summed E-state index contributed by atoms with van der Waals surface area (Å²) in [5.74, 6) is -1.36. The Bertz CT molecular complexity index is 561. The van der Waals surface area contributed by atoms with Crippen molar-refractivity contribution < 1.29 is 14.3 Å². The van der Waals surface area contributed by atoms with Crippen molar-refractivity contribution in [2.45, 2.75) is 26.8 Å². The third-order valence-electron chi connectivity index (χ3n) is 3.83. The first-order valence-electron chi connectivity index (χ1n) is 7.04. The SMILES string of the molecule is COC(=O)C1C(=O)C=C(NCc2ccccc2)CC1(C)C. The third kappa shape index (κ3) is 3.51. The number of benzene rings is 1. The predicted molar refractivity (Wildman–Crippen MR) is 80.3 cm³/mol. The van der Waals surface area contributed by atoms with E-state index in [-0.39, 0.29) is 5.78 Å². The average molecular weight is 287 g/mol. The number of hydrogen-bond acceptors (Lipinski definition) is 4. The van der Waals surface area contributed by atoms with Crippen LogP contribution in [-0.4, -0.2) is 18.9 Å². The van der Waals surface area contributed by atoms with E-state index in [0.717, 1.165) is 11.3 Å². The van der Waals surface area contributed by atoms with Crippen LogP contribution in [0.15, 0.2) is 42.1 Å². The fourth-order valence-corrected chi connectivity index (χ4v) is 2.76. The minimum absolute atomic E-state index is 0.186. The van der Waals surface area contributed by atoms with Crippen molar-refractivity contribution in [1.82, 2.24) is 5.32 Å². The minimum atomic E-state index is -0.718. The van der Waals surface area contributed by atoms with Crippen molar-refractivity contribution in [3.05, 3.63) is 47.7 Å². The van der Waals surface area contributed by atoms with Crippen LogP contribution in [0.5, 0.6) is 0 Å². The van der Waals surface area contributed by atoms with E-state index >= 15 is 0 Å². The molecule has 0 radical (unpaired) electrons. The molecule has 0 spiro atoms. The Hall–Kier alpha value is -2.10. The molecular weight excluding hydrogens is 266 g/mol. The number of carbonyl (C=O) groups excluding carboxylic acids is 2. The molecule has 0 aliphatic heterocycles. The lowest BCUT2D eigenvalue weighted by molar-refractivity contribution is -0.153. The lowest BCUT2D eigenvalue weighted by Gasteiger charge is -2.35. The summed E-state index contributed by atoms with van der Waals surface area (Å²) in [5, 5.41) is 3.29. The zero-order chi connectivity index (χ0) is 15.5. The van der Waals surface area contributed by atoms with Gasteiger partial charge in [-0.25, -0.2) is 0 Å². The average Bonchev–Trinajstić information content (AvgIpc) is 2.44. The fourth-order valence-electron chi connectivity index (χ4n) is 2.76. The van der Waals surface area contributed by atoms with Crippen molar-refractivity contribution in [2.75, 3.05) is 7.11 Å². The zero-order valence-electron chi connectivity index (χ0n) is 12.7. The highest BCUT2D eigenvalue weighted by Crippen LogP contribution is 2.38. The Morgan fingerprint density at radius 2 is 2.00 bits per heavy atom. The Morgan fingerprint density at radius 1 is 1.33 bits per heavy atom. The molecule has 0 aromatic heterocycles. The first-order valence-corrected chi connectivity index (χ1v) is 7.04. The van der Waals surface area contributed by atoms with Crippen molar-refractivity contribution in [3.63, 3.8) is 0 Å². The molecule has 2 rings (SSSR count). The fraction of sp³-hybridized carbons (Fsp3) is 0.412. The van der Waals surface area contributed by atoms with Crippen molar-refractivity contribution in [3.8, 4) is 0 Å². The van der Waals surface area contributed by atoms with Crippen LogP contribution in [0.2, 0.25) is 0 Å². The number of allylic oxidation sites excluding steroid dienone is 2. The van der Waals surface area contributed by atoms with Gasteiger partial charge >= 0.3 is 5.97 Å². The summed E-state index contributed by atoms with van der Waals surface area (Å²) >= 11 is 0. The molecular formula is C17H21NO3. The molecule has 112 valence electrons. The number of carbonyl (C=O) groups is 2. The molecule has 1 aromatic carbocycles. The second-order valence-corrected chi connectivity index (χ2v) is 6.03. The van der Waals surface area contributed by atoms with Crippen LogP contribution < -0.4 is 5.32 Å². The summed E-state index contributed by atoms with van der Waals surface area (Å²) in [4.78, 5) is 24.0. The van der Waals surface area contributed by atoms with E-state index in [1.807, 2.05) is 44.2 Å². The van der Waals surface area contributed by atoms with Gasteiger partial charge in [0.25, 0.3) is 0 Å². The third-order valence-corrected chi connectivity index (χ3v) is 3.83. The first kappa shape index (κ1) is 15.3. The molecule has 1 aliphatic rings. The first-order chi connectivity index (χ1) is 9.94. The molecule has 0 amide bonds. The second kappa shape index (κ2) is 6.12. The van der Waals surface area contributed by atoms with Gasteiger partial charge in [-0.3, -0.25) is 9.59 Å². The van der Waals surface area contributed by atoms with Crippen LogP contribution in [0, 0.1) is 11.3 Å². The topological polar surface area (TPSA) is 55.4 Å². The van der Waals surface area contributed by atoms with E-state index in [0.29, 0.717) is 13.0 Å². The molecule has 4 nitrogen and oxygen atoms in total. The van der Waals surface area contributed by atoms with E-state index < -0.39 is 17.3 Å². The van der Waals surface area contributed by atoms with Gasteiger partial charge in [0.05, 0.1) is 7.11 Å². The van der Waals surface area contributed by atoms with Gasteiger partial charge in [0.15, 0.2) is 5.78 Å². The van der Waals surface area contributed by atoms with Crippen molar-refractivity contribution >= 4 is 11.8 Å². The largest absolute Gasteiger partial charge is 0.468 e. The molecule has 0 heterocycles. The highest BCUT2D eigenvalue weighted by molar-refractivity contribution is 6.06. The van der Waals surface area contributed by atoms with Gasteiger partial charge in [-0.2, -0.15) is 0 Å². The molecule has 1 atom stereocenters. The van der Waals surface area contributed by atoms with Gasteiger partial charge in [0, 0.05) is 18.3 Å². The Labute approximate surface area is 125 Å². The lowest BCUT2D eigenvalue weighted by atomic mass is 9.70. The standard InChI is InChI=1S/C17H21NO3/c1-17(2)10-13(9-14(19)15(17)16(20)21-3)18-11-12-7-5-4-6-8-12/h4-9,15,18H,10-11H2,1-3H3. The number of rotatable bonds is 4. The lowest BCUT2D eigenvalue weighted by Crippen LogP contribution is -2.42. The number of ketones is 1. The maximum absolute atomic E-state index is 12.2. The van der Waals surface area contributed by atoms with E-state index in [1.165, 1.54) is 13.2 Å². The Kier molecular flexibility index (Phi) is 4.46. The van der Waals surface area contributed by atoms with Crippen LogP contribution in [-0.2, 0) is 20.9 Å². The van der Waals surface area contributed by atoms with Crippen molar-refractivity contribution in [1.29, 1.82) is 0 Å². The summed E-state index contributed by atoms with van der Waals surface area (Å²) < 4.78 is 4.75. The smallest absolute Gasteiger partial charge is 0.317 e. The van der Waals surface area contributed by atoms with E-state index in [4.69, 9.17) is 4.74 Å². The number of nitrogens with one attached hydrogen (secondary N) is 1. The van der Waals surface area contributed by atoms with E-state index in [9.17, 15) is 9.59 Å². The highest BCUT2D eigenvalue weighted by atomic mass is 16.5. The normalized spacial score (nSPS) is 20.6. The van der Waals surface area contributed by atoms with Crippen LogP contribution in [0.4, 0.5) is 0 Å². The number of ether oxygens (including phenoxy) is 1. The monoisotopic (exact) mass is 287 g/mol. The maximum Gasteiger partial charge on any atom is 0.317 e. The molecule has 1 aromatic rings. The minimum Gasteiger partial charge on any atom is -0.468 e. The zero-order valence-corrected chi connectivity index (χ0v) is 12.7. The summed E-state index contributed by atoms with van der Waals surface area (Å²) in [6, 6.07) is 9.99. The summed E-state index contributed by atoms with van der Waals surface area (Å²) in [5.41, 5.74) is 1.57. The van der Waals surface area contributed by atoms with Gasteiger partial charge in [-0.05, 0) is 17.4 Å². The van der Waals surface area contributed by atoms with Crippen LogP contribution >= 0.6 is 0 Å². The number of hydrogen-bond donors (Lipinski definition) is 1. The second-order valence-electron chi connectivity index (χ2n) is 6.03. The summed E-state index contributed by atoms with van der Waals surface area (Å²) in [6.45, 7) is 4.51. The summed E-state index contributed by atoms with van der Waals surface area (Å²) in [6.07, 6.45) is 2.18. The van der Waals surface area contributed by atoms with Gasteiger partial charge in [0.1, 0.15) is 5.92 Å². The summed E-state index contributed by atoms with van der Waals surface area (Å²) in [7, 11) is 1.32. The number of esters is 1. The Balaban J connectivity index is 2.09. The quantitative estimate of drug-likeness (QED) is 0.682. The van der Waals surface area contributed by atoms with Crippen molar-refractivity contribution in [2.24, 2.45) is 11.3 Å². The van der Waals surface area contributed by atoms with E-state index in [2.05, 4.69) is 5.32 Å². The van der Waals surface area contributed by atoms with Crippen LogP contribution in [0.25, 0.3) is 0 Å². The van der Waals surface area contributed by atoms with Gasteiger partial charge < -0.3 is 10.1 Å². The van der Waals surface area contributed by atoms with Gasteiger partial charge in [-0.15, -0.1) is 0 Å². The predicted octanol–water partition coefficient (Wildman–Crippen LogP) is 2.45. The van der Waals surface area contributed by atoms with Crippen LogP contribution in [0.1, 0.15) is 25.8 Å². The molecule has 1 unspecified atom stereocenters. The maximum atomic E-state index is 12.2. The molecule has 0 fully saturated rings. The van der Waals surface area contributed by atoms with Crippen LogP contribution in [0.3, 0.4) is 0 Å². The molecule has 1 aliphatic carbocycles. The molecule has 21 heavy (non-hydrogen) atoms. The molecule has 0 saturated carbocycles. The molecule has 0 bridgehead atoms.